The summed E-state index contributed by atoms with van der Waals surface area (Å²) in [6.45, 7) is 19.5. The van der Waals surface area contributed by atoms with Crippen LogP contribution in [0.4, 0.5) is 0 Å². The first-order valence-electron chi connectivity index (χ1n) is 18.7. The van der Waals surface area contributed by atoms with Gasteiger partial charge in [-0.1, -0.05) is 0 Å². The largest absolute Gasteiger partial charge is 1.00 e. The third kappa shape index (κ3) is 6.55. The van der Waals surface area contributed by atoms with Crippen molar-refractivity contribution < 1.29 is 46.1 Å². The predicted octanol–water partition coefficient (Wildman–Crippen LogP) is 5.22. The minimum Gasteiger partial charge on any atom is -1.00 e. The van der Waals surface area contributed by atoms with Gasteiger partial charge >= 0.3 is 295 Å². The summed E-state index contributed by atoms with van der Waals surface area (Å²) in [4.78, 5) is 0. The van der Waals surface area contributed by atoms with E-state index in [2.05, 4.69) is 132 Å². The Hall–Kier alpha value is -1.53. The molecule has 0 radical (unpaired) electrons. The molecule has 9 rings (SSSR count). The minimum absolute atomic E-state index is 0. The van der Waals surface area contributed by atoms with E-state index in [1.54, 1.807) is 17.7 Å². The fraction of sp³-hybridized carbons (Fsp3) is 0.500. The molecule has 1 unspecified atom stereocenters. The third-order valence-corrected chi connectivity index (χ3v) is 20.1. The Balaban J connectivity index is 0.00000208. The second kappa shape index (κ2) is 13.2. The average Bonchev–Trinajstić information content (AvgIpc) is 3.53. The molecular formula is C46H56Cl2Zr. The van der Waals surface area contributed by atoms with E-state index >= 15 is 0 Å². The van der Waals surface area contributed by atoms with Gasteiger partial charge in [0.05, 0.1) is 0 Å². The monoisotopic (exact) mass is 768 g/mol. The van der Waals surface area contributed by atoms with E-state index in [9.17, 15) is 0 Å². The zero-order chi connectivity index (χ0) is 32.9. The van der Waals surface area contributed by atoms with Crippen molar-refractivity contribution in [2.75, 3.05) is 0 Å². The smallest absolute Gasteiger partial charge is 1.00 e. The molecular weight excluding hydrogens is 715 g/mol. The van der Waals surface area contributed by atoms with Gasteiger partial charge in [-0.3, -0.25) is 0 Å². The van der Waals surface area contributed by atoms with E-state index in [-0.39, 0.29) is 41.1 Å². The molecule has 0 aromatic heterocycles. The van der Waals surface area contributed by atoms with E-state index in [4.69, 9.17) is 0 Å². The molecule has 6 aliphatic carbocycles. The van der Waals surface area contributed by atoms with E-state index < -0.39 is 21.3 Å². The van der Waals surface area contributed by atoms with Gasteiger partial charge in [-0.2, -0.15) is 0 Å². The van der Waals surface area contributed by atoms with Crippen LogP contribution in [0.25, 0.3) is 11.1 Å². The van der Waals surface area contributed by atoms with Crippen LogP contribution in [-0.2, 0) is 44.9 Å². The first-order valence-corrected chi connectivity index (χ1v) is 22.6. The Labute approximate surface area is 317 Å². The average molecular weight is 771 g/mol. The number of benzene rings is 3. The zero-order valence-electron chi connectivity index (χ0n) is 31.2. The molecule has 3 heteroatoms. The van der Waals surface area contributed by atoms with Crippen LogP contribution in [0, 0.1) is 28.6 Å². The molecule has 0 amide bonds. The van der Waals surface area contributed by atoms with Crippen molar-refractivity contribution in [1.82, 2.24) is 0 Å². The Bertz CT molecular complexity index is 1810. The summed E-state index contributed by atoms with van der Waals surface area (Å²) in [6, 6.07) is 24.0. The second-order valence-electron chi connectivity index (χ2n) is 18.8. The van der Waals surface area contributed by atoms with Crippen LogP contribution in [0.5, 0.6) is 0 Å². The summed E-state index contributed by atoms with van der Waals surface area (Å²) in [6.07, 6.45) is 16.8. The third-order valence-electron chi connectivity index (χ3n) is 13.3. The molecule has 258 valence electrons. The maximum atomic E-state index is 2.90. The molecule has 1 atom stereocenters. The molecule has 3 aromatic carbocycles. The SMILES string of the molecule is CC1=CC(C)(C23CC4CC(CC(C4)C2)C3)C=[C]1[Zr+2](=[CH]Cc1ccccc1)[c]1cc(C(C)(C)C)cc2c1Cc1ccc(C(C)(C)C)cc1-2.[Cl-].[Cl-]. The van der Waals surface area contributed by atoms with Crippen molar-refractivity contribution in [3.63, 3.8) is 0 Å². The minimum atomic E-state index is -2.53. The van der Waals surface area contributed by atoms with Gasteiger partial charge in [0, 0.05) is 0 Å². The molecule has 0 heterocycles. The van der Waals surface area contributed by atoms with Gasteiger partial charge in [-0.05, 0) is 0 Å². The van der Waals surface area contributed by atoms with E-state index in [0.29, 0.717) is 5.41 Å². The number of halogens is 2. The van der Waals surface area contributed by atoms with Gasteiger partial charge in [0.25, 0.3) is 0 Å². The summed E-state index contributed by atoms with van der Waals surface area (Å²) in [5.41, 5.74) is 13.2. The van der Waals surface area contributed by atoms with Crippen LogP contribution in [0.15, 0.2) is 81.7 Å². The first kappa shape index (κ1) is 37.2. The van der Waals surface area contributed by atoms with Gasteiger partial charge in [0.15, 0.2) is 0 Å². The van der Waals surface area contributed by atoms with Crippen LogP contribution in [0.1, 0.15) is 122 Å². The van der Waals surface area contributed by atoms with Crippen LogP contribution < -0.4 is 28.1 Å². The number of hydrogen-bond donors (Lipinski definition) is 0. The van der Waals surface area contributed by atoms with Gasteiger partial charge < -0.3 is 24.8 Å². The quantitative estimate of drug-likeness (QED) is 0.262. The van der Waals surface area contributed by atoms with Crippen molar-refractivity contribution in [2.45, 2.75) is 118 Å². The molecule has 49 heavy (non-hydrogen) atoms. The molecule has 0 spiro atoms. The summed E-state index contributed by atoms with van der Waals surface area (Å²) >= 11 is -2.53. The Morgan fingerprint density at radius 1 is 0.735 bits per heavy atom. The van der Waals surface area contributed by atoms with Crippen LogP contribution in [0.2, 0.25) is 0 Å². The summed E-state index contributed by atoms with van der Waals surface area (Å²) in [7, 11) is 0. The number of fused-ring (bicyclic) bond motifs is 3. The topological polar surface area (TPSA) is 0 Å². The standard InChI is InChI=1S/C21H25.C17H23.C8H8.2ClH.Zr/c1-20(2,3)16-9-7-14-11-15-8-10-17(21(4,5)6)13-19(15)18(14)12-16;1-12-3-4-16(2,8-12)17-9-13-5-14(10-17)7-15(6-13)11-17;1-2-8-6-4-3-5-7-8;;;/h7,9-10,12-13H,11H2,1-6H3;4,8,13-15H,5-7,9-11H2,1-2H3;1,3-7H,2H2;2*1H;/q;;;;;+2/p-2. The van der Waals surface area contributed by atoms with Crippen LogP contribution >= 0.6 is 0 Å². The van der Waals surface area contributed by atoms with Crippen LogP contribution in [0.3, 0.4) is 0 Å². The van der Waals surface area contributed by atoms with E-state index in [0.717, 1.165) is 30.6 Å². The van der Waals surface area contributed by atoms with Gasteiger partial charge in [0.2, 0.25) is 0 Å². The van der Waals surface area contributed by atoms with Crippen molar-refractivity contribution >= 4 is 6.98 Å². The van der Waals surface area contributed by atoms with Gasteiger partial charge in [-0.15, -0.1) is 0 Å². The zero-order valence-corrected chi connectivity index (χ0v) is 35.1. The molecule has 3 aromatic rings. The maximum absolute atomic E-state index is 2.90. The predicted molar refractivity (Wildman–Crippen MR) is 198 cm³/mol. The van der Waals surface area contributed by atoms with Crippen molar-refractivity contribution in [3.8, 4) is 11.1 Å². The first-order chi connectivity index (χ1) is 22.2. The van der Waals surface area contributed by atoms with E-state index in [1.165, 1.54) is 71.9 Å². The Morgan fingerprint density at radius 3 is 1.92 bits per heavy atom. The fourth-order valence-corrected chi connectivity index (χ4v) is 18.3. The molecule has 0 aliphatic heterocycles. The summed E-state index contributed by atoms with van der Waals surface area (Å²) in [5.74, 6) is 2.95. The Kier molecular flexibility index (Phi) is 10.00. The van der Waals surface area contributed by atoms with Crippen molar-refractivity contribution in [3.05, 3.63) is 109 Å². The maximum Gasteiger partial charge on any atom is -1.00 e. The van der Waals surface area contributed by atoms with Gasteiger partial charge in [-0.25, -0.2) is 0 Å². The van der Waals surface area contributed by atoms with Gasteiger partial charge in [0.1, 0.15) is 0 Å². The number of rotatable bonds is 5. The molecule has 4 bridgehead atoms. The molecule has 0 saturated heterocycles. The molecule has 0 nitrogen and oxygen atoms in total. The second-order valence-corrected chi connectivity index (χ2v) is 24.5. The number of hydrogen-bond acceptors (Lipinski definition) is 0. The molecule has 6 aliphatic rings. The van der Waals surface area contributed by atoms with E-state index in [1.807, 2.05) is 0 Å². The molecule has 0 N–H and O–H groups in total. The fourth-order valence-electron chi connectivity index (χ4n) is 11.0. The Morgan fingerprint density at radius 2 is 1.33 bits per heavy atom. The van der Waals surface area contributed by atoms with Crippen molar-refractivity contribution in [1.29, 1.82) is 0 Å². The summed E-state index contributed by atoms with van der Waals surface area (Å²) in [5, 5.41) is 0. The van der Waals surface area contributed by atoms with Crippen LogP contribution in [-0.4, -0.2) is 3.71 Å². The normalized spacial score (nSPS) is 28.0. The summed E-state index contributed by atoms with van der Waals surface area (Å²) < 4.78 is 6.40. The molecule has 4 fully saturated rings. The number of allylic oxidation sites excluding steroid dienone is 4. The molecule has 4 saturated carbocycles. The van der Waals surface area contributed by atoms with Crippen molar-refractivity contribution in [2.24, 2.45) is 28.6 Å².